The Labute approximate surface area is 120 Å². The Hall–Kier alpha value is -1.45. The number of fused-ring (bicyclic) bond motifs is 1. The van der Waals surface area contributed by atoms with Gasteiger partial charge in [-0.25, -0.2) is 0 Å². The predicted octanol–water partition coefficient (Wildman–Crippen LogP) is 3.11. The number of benzene rings is 1. The van der Waals surface area contributed by atoms with Gasteiger partial charge in [-0.3, -0.25) is 9.88 Å². The van der Waals surface area contributed by atoms with E-state index in [1.807, 2.05) is 12.3 Å². The molecule has 1 aliphatic heterocycles. The van der Waals surface area contributed by atoms with Crippen LogP contribution < -0.4 is 5.73 Å². The van der Waals surface area contributed by atoms with Crippen molar-refractivity contribution in [2.24, 2.45) is 5.73 Å². The van der Waals surface area contributed by atoms with E-state index in [9.17, 15) is 0 Å². The summed E-state index contributed by atoms with van der Waals surface area (Å²) in [6.07, 6.45) is 4.41. The molecule has 1 fully saturated rings. The first-order valence-corrected chi connectivity index (χ1v) is 7.44. The van der Waals surface area contributed by atoms with Crippen LogP contribution in [0.4, 0.5) is 0 Å². The first kappa shape index (κ1) is 13.5. The van der Waals surface area contributed by atoms with E-state index in [0.29, 0.717) is 0 Å². The topological polar surface area (TPSA) is 42.1 Å². The quantitative estimate of drug-likeness (QED) is 0.931. The maximum absolute atomic E-state index is 6.57. The third-order valence-corrected chi connectivity index (χ3v) is 4.67. The standard InChI is InChI=1S/C17H23N3/c1-17(2,20-10-3-4-11-20)16(18)14-8-7-13-6-5-9-19-15(13)12-14/h5-9,12,16H,3-4,10-11,18H2,1-2H3. The number of aromatic nitrogens is 1. The molecule has 20 heavy (non-hydrogen) atoms. The van der Waals surface area contributed by atoms with Crippen molar-refractivity contribution in [2.45, 2.75) is 38.3 Å². The summed E-state index contributed by atoms with van der Waals surface area (Å²) in [5.74, 6) is 0. The van der Waals surface area contributed by atoms with Crippen LogP contribution in [0.5, 0.6) is 0 Å². The van der Waals surface area contributed by atoms with Crippen LogP contribution in [-0.4, -0.2) is 28.5 Å². The number of nitrogens with two attached hydrogens (primary N) is 1. The lowest BCUT2D eigenvalue weighted by molar-refractivity contribution is 0.124. The second-order valence-electron chi connectivity index (χ2n) is 6.28. The van der Waals surface area contributed by atoms with Gasteiger partial charge >= 0.3 is 0 Å². The molecule has 3 nitrogen and oxygen atoms in total. The van der Waals surface area contributed by atoms with Crippen molar-refractivity contribution in [1.82, 2.24) is 9.88 Å². The van der Waals surface area contributed by atoms with E-state index >= 15 is 0 Å². The third-order valence-electron chi connectivity index (χ3n) is 4.67. The van der Waals surface area contributed by atoms with Gasteiger partial charge in [0.05, 0.1) is 5.52 Å². The molecule has 1 unspecified atom stereocenters. The maximum Gasteiger partial charge on any atom is 0.0705 e. The lowest BCUT2D eigenvalue weighted by Gasteiger charge is -2.40. The van der Waals surface area contributed by atoms with Crippen molar-refractivity contribution < 1.29 is 0 Å². The summed E-state index contributed by atoms with van der Waals surface area (Å²) in [7, 11) is 0. The molecule has 2 aromatic rings. The summed E-state index contributed by atoms with van der Waals surface area (Å²) in [5, 5.41) is 1.17. The fourth-order valence-electron chi connectivity index (χ4n) is 3.17. The average Bonchev–Trinajstić information content (AvgIpc) is 3.01. The largest absolute Gasteiger partial charge is 0.322 e. The Kier molecular flexibility index (Phi) is 3.48. The monoisotopic (exact) mass is 269 g/mol. The lowest BCUT2D eigenvalue weighted by Crippen LogP contribution is -2.49. The smallest absolute Gasteiger partial charge is 0.0705 e. The fourth-order valence-corrected chi connectivity index (χ4v) is 3.17. The van der Waals surface area contributed by atoms with Crippen LogP contribution in [0, 0.1) is 0 Å². The Balaban J connectivity index is 1.92. The van der Waals surface area contributed by atoms with Crippen LogP contribution in [0.1, 0.15) is 38.3 Å². The van der Waals surface area contributed by atoms with Crippen molar-refractivity contribution in [1.29, 1.82) is 0 Å². The van der Waals surface area contributed by atoms with E-state index in [2.05, 4.69) is 48.0 Å². The molecule has 0 amide bonds. The van der Waals surface area contributed by atoms with Gasteiger partial charge in [0.15, 0.2) is 0 Å². The second kappa shape index (κ2) is 5.15. The van der Waals surface area contributed by atoms with Crippen molar-refractivity contribution in [2.75, 3.05) is 13.1 Å². The molecule has 2 N–H and O–H groups in total. The molecule has 1 aromatic heterocycles. The van der Waals surface area contributed by atoms with Crippen LogP contribution in [0.25, 0.3) is 10.9 Å². The number of hydrogen-bond donors (Lipinski definition) is 1. The van der Waals surface area contributed by atoms with E-state index in [1.165, 1.54) is 23.8 Å². The van der Waals surface area contributed by atoms with E-state index in [4.69, 9.17) is 5.73 Å². The minimum Gasteiger partial charge on any atom is -0.322 e. The minimum absolute atomic E-state index is 0.00649. The lowest BCUT2D eigenvalue weighted by atomic mass is 9.87. The highest BCUT2D eigenvalue weighted by Gasteiger charge is 2.35. The first-order chi connectivity index (χ1) is 9.59. The van der Waals surface area contributed by atoms with Crippen LogP contribution in [0.2, 0.25) is 0 Å². The zero-order valence-electron chi connectivity index (χ0n) is 12.3. The molecule has 0 spiro atoms. The van der Waals surface area contributed by atoms with E-state index < -0.39 is 0 Å². The molecule has 1 saturated heterocycles. The summed E-state index contributed by atoms with van der Waals surface area (Å²) < 4.78 is 0. The number of pyridine rings is 1. The van der Waals surface area contributed by atoms with Crippen LogP contribution in [0.3, 0.4) is 0 Å². The number of likely N-dealkylation sites (tertiary alicyclic amines) is 1. The van der Waals surface area contributed by atoms with Gasteiger partial charge in [-0.05, 0) is 57.5 Å². The van der Waals surface area contributed by atoms with Crippen LogP contribution >= 0.6 is 0 Å². The van der Waals surface area contributed by atoms with Gasteiger partial charge in [0.25, 0.3) is 0 Å². The minimum atomic E-state index is -0.0149. The Morgan fingerprint density at radius 2 is 1.95 bits per heavy atom. The molecule has 1 aromatic carbocycles. The van der Waals surface area contributed by atoms with E-state index in [1.54, 1.807) is 0 Å². The molecule has 106 valence electrons. The van der Waals surface area contributed by atoms with Gasteiger partial charge in [-0.15, -0.1) is 0 Å². The van der Waals surface area contributed by atoms with Crippen molar-refractivity contribution in [3.63, 3.8) is 0 Å². The SMILES string of the molecule is CC(C)(C(N)c1ccc2cccnc2c1)N1CCCC1. The van der Waals surface area contributed by atoms with Gasteiger partial charge in [-0.2, -0.15) is 0 Å². The normalized spacial score (nSPS) is 18.6. The fraction of sp³-hybridized carbons (Fsp3) is 0.471. The van der Waals surface area contributed by atoms with Gasteiger partial charge in [0, 0.05) is 23.2 Å². The highest BCUT2D eigenvalue weighted by atomic mass is 15.2. The van der Waals surface area contributed by atoms with Gasteiger partial charge in [0.2, 0.25) is 0 Å². The molecular formula is C17H23N3. The molecular weight excluding hydrogens is 246 g/mol. The number of rotatable bonds is 3. The summed E-state index contributed by atoms with van der Waals surface area (Å²) >= 11 is 0. The molecule has 3 rings (SSSR count). The maximum atomic E-state index is 6.57. The summed E-state index contributed by atoms with van der Waals surface area (Å²) in [4.78, 5) is 6.95. The van der Waals surface area contributed by atoms with Crippen molar-refractivity contribution in [3.05, 3.63) is 42.1 Å². The predicted molar refractivity (Wildman–Crippen MR) is 83.6 cm³/mol. The van der Waals surface area contributed by atoms with Gasteiger partial charge in [-0.1, -0.05) is 18.2 Å². The summed E-state index contributed by atoms with van der Waals surface area (Å²) in [6, 6.07) is 10.5. The summed E-state index contributed by atoms with van der Waals surface area (Å²) in [5.41, 5.74) is 8.76. The van der Waals surface area contributed by atoms with E-state index in [0.717, 1.165) is 18.6 Å². The zero-order chi connectivity index (χ0) is 14.2. The highest BCUT2D eigenvalue weighted by molar-refractivity contribution is 5.79. The highest BCUT2D eigenvalue weighted by Crippen LogP contribution is 2.32. The Morgan fingerprint density at radius 3 is 2.70 bits per heavy atom. The Morgan fingerprint density at radius 1 is 1.20 bits per heavy atom. The second-order valence-corrected chi connectivity index (χ2v) is 6.28. The van der Waals surface area contributed by atoms with Crippen molar-refractivity contribution >= 4 is 10.9 Å². The molecule has 0 radical (unpaired) electrons. The molecule has 2 heterocycles. The number of nitrogens with zero attached hydrogens (tertiary/aromatic N) is 2. The molecule has 3 heteroatoms. The number of hydrogen-bond acceptors (Lipinski definition) is 3. The molecule has 1 aliphatic rings. The first-order valence-electron chi connectivity index (χ1n) is 7.44. The summed E-state index contributed by atoms with van der Waals surface area (Å²) in [6.45, 7) is 6.83. The molecule has 0 saturated carbocycles. The Bertz CT molecular complexity index is 600. The molecule has 1 atom stereocenters. The van der Waals surface area contributed by atoms with Crippen molar-refractivity contribution in [3.8, 4) is 0 Å². The van der Waals surface area contributed by atoms with Crippen LogP contribution in [-0.2, 0) is 0 Å². The van der Waals surface area contributed by atoms with E-state index in [-0.39, 0.29) is 11.6 Å². The third kappa shape index (κ3) is 2.32. The van der Waals surface area contributed by atoms with Gasteiger partial charge in [0.1, 0.15) is 0 Å². The van der Waals surface area contributed by atoms with Gasteiger partial charge < -0.3 is 5.73 Å². The molecule has 0 bridgehead atoms. The zero-order valence-corrected chi connectivity index (χ0v) is 12.3. The molecule has 0 aliphatic carbocycles. The van der Waals surface area contributed by atoms with Crippen LogP contribution in [0.15, 0.2) is 36.5 Å². The average molecular weight is 269 g/mol.